The molecule has 3 N–H and O–H groups in total. The predicted molar refractivity (Wildman–Crippen MR) is 61.6 cm³/mol. The van der Waals surface area contributed by atoms with Crippen molar-refractivity contribution >= 4 is 40.6 Å². The Bertz CT molecular complexity index is 365. The number of halogens is 1. The number of nitrogens with two attached hydrogens (primary N) is 1. The average molecular weight is 250 g/mol. The molecule has 7 heteroatoms. The highest BCUT2D eigenvalue weighted by molar-refractivity contribution is 7.17. The van der Waals surface area contributed by atoms with Gasteiger partial charge in [-0.3, -0.25) is 9.59 Å². The Balaban J connectivity index is 0.00000196. The number of Topliss-reactive ketones (excluding diaryl/α,β-unsaturated/α-hetero) is 1. The highest BCUT2D eigenvalue weighted by atomic mass is 35.5. The molecule has 0 aromatic carbocycles. The fourth-order valence-electron chi connectivity index (χ4n) is 0.714. The second-order valence-corrected chi connectivity index (χ2v) is 3.89. The molecule has 0 unspecified atom stereocenters. The maximum absolute atomic E-state index is 11.1. The molecule has 15 heavy (non-hydrogen) atoms. The molecule has 0 aliphatic carbocycles. The van der Waals surface area contributed by atoms with Crippen molar-refractivity contribution in [3.8, 4) is 0 Å². The Morgan fingerprint density at radius 2 is 2.20 bits per heavy atom. The number of aromatic nitrogens is 1. The van der Waals surface area contributed by atoms with Gasteiger partial charge in [0.2, 0.25) is 5.91 Å². The molecule has 1 heterocycles. The average Bonchev–Trinajstić information content (AvgIpc) is 2.52. The molecule has 1 amide bonds. The van der Waals surface area contributed by atoms with Gasteiger partial charge in [0.25, 0.3) is 0 Å². The summed E-state index contributed by atoms with van der Waals surface area (Å²) in [6.07, 6.45) is 1.43. The van der Waals surface area contributed by atoms with Crippen LogP contribution in [0.15, 0.2) is 6.20 Å². The molecule has 1 rings (SSSR count). The van der Waals surface area contributed by atoms with E-state index in [1.165, 1.54) is 13.1 Å². The molecule has 0 saturated carbocycles. The first-order valence-electron chi connectivity index (χ1n) is 4.04. The molecule has 84 valence electrons. The van der Waals surface area contributed by atoms with Gasteiger partial charge in [0.05, 0.1) is 17.1 Å². The zero-order valence-corrected chi connectivity index (χ0v) is 9.95. The summed E-state index contributed by atoms with van der Waals surface area (Å²) in [5, 5.41) is 2.91. The first kappa shape index (κ1) is 14.0. The molecule has 0 aliphatic rings. The molecule has 0 spiro atoms. The van der Waals surface area contributed by atoms with Gasteiger partial charge in [-0.2, -0.15) is 0 Å². The van der Waals surface area contributed by atoms with Crippen LogP contribution in [-0.2, 0) is 4.79 Å². The minimum absolute atomic E-state index is 0. The van der Waals surface area contributed by atoms with Gasteiger partial charge in [0.1, 0.15) is 0 Å². The standard InChI is InChI=1S/C8H11N3O2S.ClH/c1-4(9)7(13)11-8-10-3-6(14-8)5(2)12;/h3-4H,9H2,1-2H3,(H,10,11,13);1H/t4-;/m1./s1. The highest BCUT2D eigenvalue weighted by Gasteiger charge is 2.11. The van der Waals surface area contributed by atoms with E-state index >= 15 is 0 Å². The zero-order valence-electron chi connectivity index (χ0n) is 8.31. The lowest BCUT2D eigenvalue weighted by Gasteiger charge is -2.02. The Labute approximate surface area is 97.5 Å². The topological polar surface area (TPSA) is 85.1 Å². The fraction of sp³-hybridized carbons (Fsp3) is 0.375. The molecular weight excluding hydrogens is 238 g/mol. The lowest BCUT2D eigenvalue weighted by molar-refractivity contribution is -0.117. The molecule has 0 aliphatic heterocycles. The summed E-state index contributed by atoms with van der Waals surface area (Å²) in [6, 6.07) is -0.584. The Morgan fingerprint density at radius 1 is 1.60 bits per heavy atom. The number of thiazole rings is 1. The Hall–Kier alpha value is -0.980. The summed E-state index contributed by atoms with van der Waals surface area (Å²) >= 11 is 1.14. The van der Waals surface area contributed by atoms with Gasteiger partial charge in [-0.1, -0.05) is 11.3 Å². The van der Waals surface area contributed by atoms with Crippen molar-refractivity contribution in [3.63, 3.8) is 0 Å². The van der Waals surface area contributed by atoms with Crippen LogP contribution in [0.25, 0.3) is 0 Å². The number of anilines is 1. The van der Waals surface area contributed by atoms with Crippen LogP contribution in [0.3, 0.4) is 0 Å². The quantitative estimate of drug-likeness (QED) is 0.785. The summed E-state index contributed by atoms with van der Waals surface area (Å²) in [4.78, 5) is 26.4. The number of rotatable bonds is 3. The normalized spacial score (nSPS) is 11.4. The van der Waals surface area contributed by atoms with E-state index in [-0.39, 0.29) is 24.1 Å². The number of nitrogens with one attached hydrogen (secondary N) is 1. The molecular formula is C8H12ClN3O2S. The first-order chi connectivity index (χ1) is 6.50. The molecule has 0 radical (unpaired) electrons. The highest BCUT2D eigenvalue weighted by Crippen LogP contribution is 2.18. The van der Waals surface area contributed by atoms with Gasteiger partial charge in [-0.05, 0) is 6.92 Å². The van der Waals surface area contributed by atoms with Crippen LogP contribution in [0.1, 0.15) is 23.5 Å². The van der Waals surface area contributed by atoms with E-state index < -0.39 is 6.04 Å². The van der Waals surface area contributed by atoms with Crippen LogP contribution in [0.2, 0.25) is 0 Å². The lowest BCUT2D eigenvalue weighted by Crippen LogP contribution is -2.32. The molecule has 0 saturated heterocycles. The number of hydrogen-bond acceptors (Lipinski definition) is 5. The van der Waals surface area contributed by atoms with Gasteiger partial charge < -0.3 is 11.1 Å². The number of carbonyl (C=O) groups is 2. The number of nitrogens with zero attached hydrogens (tertiary/aromatic N) is 1. The van der Waals surface area contributed by atoms with E-state index in [4.69, 9.17) is 5.73 Å². The monoisotopic (exact) mass is 249 g/mol. The van der Waals surface area contributed by atoms with Crippen molar-refractivity contribution in [3.05, 3.63) is 11.1 Å². The van der Waals surface area contributed by atoms with Gasteiger partial charge in [0.15, 0.2) is 10.9 Å². The third-order valence-corrected chi connectivity index (χ3v) is 2.51. The second kappa shape index (κ2) is 5.79. The van der Waals surface area contributed by atoms with E-state index in [9.17, 15) is 9.59 Å². The Morgan fingerprint density at radius 3 is 2.60 bits per heavy atom. The number of ketones is 1. The summed E-state index contributed by atoms with van der Waals surface area (Å²) in [5.41, 5.74) is 5.35. The van der Waals surface area contributed by atoms with Gasteiger partial charge in [-0.15, -0.1) is 12.4 Å². The van der Waals surface area contributed by atoms with Gasteiger partial charge >= 0.3 is 0 Å². The smallest absolute Gasteiger partial charge is 0.242 e. The van der Waals surface area contributed by atoms with E-state index in [0.29, 0.717) is 10.0 Å². The second-order valence-electron chi connectivity index (χ2n) is 2.86. The minimum Gasteiger partial charge on any atom is -0.320 e. The van der Waals surface area contributed by atoms with Crippen LogP contribution in [0.4, 0.5) is 5.13 Å². The Kier molecular flexibility index (Phi) is 5.41. The summed E-state index contributed by atoms with van der Waals surface area (Å²) < 4.78 is 0. The van der Waals surface area contributed by atoms with Crippen LogP contribution in [0, 0.1) is 0 Å². The van der Waals surface area contributed by atoms with Crippen LogP contribution >= 0.6 is 23.7 Å². The molecule has 1 atom stereocenters. The van der Waals surface area contributed by atoms with E-state index in [0.717, 1.165) is 11.3 Å². The largest absolute Gasteiger partial charge is 0.320 e. The van der Waals surface area contributed by atoms with Crippen LogP contribution in [-0.4, -0.2) is 22.7 Å². The zero-order chi connectivity index (χ0) is 10.7. The fourth-order valence-corrected chi connectivity index (χ4v) is 1.43. The number of hydrogen-bond donors (Lipinski definition) is 2. The minimum atomic E-state index is -0.584. The summed E-state index contributed by atoms with van der Waals surface area (Å²) in [5.74, 6) is -0.377. The van der Waals surface area contributed by atoms with Crippen LogP contribution in [0.5, 0.6) is 0 Å². The van der Waals surface area contributed by atoms with Crippen molar-refractivity contribution in [2.24, 2.45) is 5.73 Å². The molecule has 5 nitrogen and oxygen atoms in total. The first-order valence-corrected chi connectivity index (χ1v) is 4.85. The van der Waals surface area contributed by atoms with E-state index in [2.05, 4.69) is 10.3 Å². The summed E-state index contributed by atoms with van der Waals surface area (Å²) in [7, 11) is 0. The third-order valence-electron chi connectivity index (χ3n) is 1.50. The number of carbonyl (C=O) groups excluding carboxylic acids is 2. The predicted octanol–water partition coefficient (Wildman–Crippen LogP) is 1.05. The van der Waals surface area contributed by atoms with Crippen molar-refractivity contribution in [1.82, 2.24) is 4.98 Å². The molecule has 0 bridgehead atoms. The van der Waals surface area contributed by atoms with Crippen molar-refractivity contribution < 1.29 is 9.59 Å². The van der Waals surface area contributed by atoms with E-state index in [1.807, 2.05) is 0 Å². The van der Waals surface area contributed by atoms with Crippen molar-refractivity contribution in [2.75, 3.05) is 5.32 Å². The third kappa shape index (κ3) is 3.94. The van der Waals surface area contributed by atoms with E-state index in [1.54, 1.807) is 6.92 Å². The number of amides is 1. The maximum atomic E-state index is 11.1. The van der Waals surface area contributed by atoms with Crippen molar-refractivity contribution in [2.45, 2.75) is 19.9 Å². The van der Waals surface area contributed by atoms with Gasteiger partial charge in [-0.25, -0.2) is 4.98 Å². The summed E-state index contributed by atoms with van der Waals surface area (Å²) in [6.45, 7) is 3.03. The maximum Gasteiger partial charge on any atom is 0.242 e. The molecule has 1 aromatic heterocycles. The van der Waals surface area contributed by atoms with Crippen LogP contribution < -0.4 is 11.1 Å². The SMILES string of the molecule is CC(=O)c1cnc(NC(=O)[C@@H](C)N)s1.Cl. The molecule has 1 aromatic rings. The lowest BCUT2D eigenvalue weighted by atomic mass is 10.3. The van der Waals surface area contributed by atoms with Crippen molar-refractivity contribution in [1.29, 1.82) is 0 Å². The van der Waals surface area contributed by atoms with Gasteiger partial charge in [0, 0.05) is 6.92 Å². The molecule has 0 fully saturated rings.